The van der Waals surface area contributed by atoms with E-state index in [9.17, 15) is 9.90 Å². The van der Waals surface area contributed by atoms with Crippen LogP contribution in [0, 0.1) is 0 Å². The maximum Gasteiger partial charge on any atom is 0.328 e. The molecular weight excluding hydrogens is 329 g/mol. The molecule has 0 spiro atoms. The quantitative estimate of drug-likeness (QED) is 0.780. The fourth-order valence-electron chi connectivity index (χ4n) is 2.65. The molecule has 2 heterocycles. The SMILES string of the molecule is O=c1[nH]cc(O)n1[C@@H]1CNCCO[C@H]1c1ccc(Cl)c(Cl)c1. The molecule has 22 heavy (non-hydrogen) atoms. The third kappa shape index (κ3) is 2.87. The van der Waals surface area contributed by atoms with E-state index in [1.54, 1.807) is 12.1 Å². The van der Waals surface area contributed by atoms with Crippen LogP contribution in [0.3, 0.4) is 0 Å². The molecule has 1 aliphatic heterocycles. The van der Waals surface area contributed by atoms with Gasteiger partial charge in [0.1, 0.15) is 6.10 Å². The molecule has 8 heteroatoms. The molecule has 2 aromatic rings. The van der Waals surface area contributed by atoms with Crippen LogP contribution in [0.1, 0.15) is 17.7 Å². The molecule has 0 bridgehead atoms. The number of hydrogen-bond acceptors (Lipinski definition) is 4. The molecular formula is C14H15Cl2N3O3. The molecule has 3 N–H and O–H groups in total. The van der Waals surface area contributed by atoms with Gasteiger partial charge in [0.2, 0.25) is 5.88 Å². The van der Waals surface area contributed by atoms with Crippen LogP contribution in [-0.2, 0) is 4.74 Å². The highest BCUT2D eigenvalue weighted by Crippen LogP contribution is 2.35. The lowest BCUT2D eigenvalue weighted by molar-refractivity contribution is 0.0317. The van der Waals surface area contributed by atoms with Gasteiger partial charge in [0.05, 0.1) is 28.9 Å². The normalized spacial score (nSPS) is 22.5. The lowest BCUT2D eigenvalue weighted by Gasteiger charge is -2.26. The summed E-state index contributed by atoms with van der Waals surface area (Å²) in [7, 11) is 0. The minimum atomic E-state index is -0.427. The second kappa shape index (κ2) is 6.34. The summed E-state index contributed by atoms with van der Waals surface area (Å²) in [5, 5.41) is 14.0. The molecule has 118 valence electrons. The van der Waals surface area contributed by atoms with Gasteiger partial charge in [-0.15, -0.1) is 0 Å². The molecule has 1 saturated heterocycles. The zero-order valence-electron chi connectivity index (χ0n) is 11.6. The van der Waals surface area contributed by atoms with Gasteiger partial charge in [-0.25, -0.2) is 4.79 Å². The van der Waals surface area contributed by atoms with Gasteiger partial charge in [-0.3, -0.25) is 4.57 Å². The molecule has 0 unspecified atom stereocenters. The van der Waals surface area contributed by atoms with Gasteiger partial charge in [-0.2, -0.15) is 0 Å². The average Bonchev–Trinajstić information content (AvgIpc) is 2.71. The summed E-state index contributed by atoms with van der Waals surface area (Å²) in [6.45, 7) is 1.63. The Labute approximate surface area is 136 Å². The molecule has 0 saturated carbocycles. The van der Waals surface area contributed by atoms with Gasteiger partial charge < -0.3 is 20.1 Å². The van der Waals surface area contributed by atoms with Crippen LogP contribution in [0.4, 0.5) is 0 Å². The number of nitrogens with zero attached hydrogens (tertiary/aromatic N) is 1. The molecule has 0 radical (unpaired) electrons. The standard InChI is InChI=1S/C14H15Cl2N3O3/c15-9-2-1-8(5-10(9)16)13-11(6-17-3-4-22-13)19-12(20)7-18-14(19)21/h1-2,5,7,11,13,17,20H,3-4,6H2,(H,18,21)/t11-,13+/m1/s1. The minimum absolute atomic E-state index is 0.132. The summed E-state index contributed by atoms with van der Waals surface area (Å²) in [6, 6.07) is 4.82. The van der Waals surface area contributed by atoms with E-state index in [0.29, 0.717) is 29.7 Å². The number of benzene rings is 1. The second-order valence-corrected chi connectivity index (χ2v) is 5.87. The maximum atomic E-state index is 12.0. The van der Waals surface area contributed by atoms with Crippen molar-refractivity contribution < 1.29 is 9.84 Å². The number of ether oxygens (including phenoxy) is 1. The predicted octanol–water partition coefficient (Wildman–Crippen LogP) is 2.09. The fourth-order valence-corrected chi connectivity index (χ4v) is 2.96. The van der Waals surface area contributed by atoms with Gasteiger partial charge in [0.15, 0.2) is 0 Å². The fraction of sp³-hybridized carbons (Fsp3) is 0.357. The molecule has 1 fully saturated rings. The van der Waals surface area contributed by atoms with Crippen LogP contribution in [0.25, 0.3) is 0 Å². The van der Waals surface area contributed by atoms with E-state index in [-0.39, 0.29) is 11.6 Å². The first-order chi connectivity index (χ1) is 10.6. The van der Waals surface area contributed by atoms with Gasteiger partial charge >= 0.3 is 5.69 Å². The van der Waals surface area contributed by atoms with Crippen molar-refractivity contribution in [2.75, 3.05) is 19.7 Å². The number of halogens is 2. The third-order valence-corrected chi connectivity index (χ3v) is 4.41. The predicted molar refractivity (Wildman–Crippen MR) is 83.8 cm³/mol. The first-order valence-electron chi connectivity index (χ1n) is 6.84. The Bertz CT molecular complexity index is 728. The summed E-state index contributed by atoms with van der Waals surface area (Å²) in [6.07, 6.45) is 0.836. The number of imidazole rings is 1. The maximum absolute atomic E-state index is 12.0. The van der Waals surface area contributed by atoms with E-state index in [0.717, 1.165) is 5.56 Å². The smallest absolute Gasteiger partial charge is 0.328 e. The Balaban J connectivity index is 2.04. The van der Waals surface area contributed by atoms with Gasteiger partial charge in [0.25, 0.3) is 0 Å². The van der Waals surface area contributed by atoms with E-state index < -0.39 is 12.1 Å². The highest BCUT2D eigenvalue weighted by Gasteiger charge is 2.30. The number of hydrogen-bond donors (Lipinski definition) is 3. The highest BCUT2D eigenvalue weighted by molar-refractivity contribution is 6.42. The van der Waals surface area contributed by atoms with Crippen molar-refractivity contribution in [1.82, 2.24) is 14.9 Å². The Morgan fingerprint density at radius 2 is 2.14 bits per heavy atom. The molecule has 0 amide bonds. The van der Waals surface area contributed by atoms with Crippen molar-refractivity contribution in [1.29, 1.82) is 0 Å². The lowest BCUT2D eigenvalue weighted by atomic mass is 10.0. The first-order valence-corrected chi connectivity index (χ1v) is 7.59. The van der Waals surface area contributed by atoms with Crippen molar-refractivity contribution >= 4 is 23.2 Å². The number of aromatic amines is 1. The summed E-state index contributed by atoms with van der Waals surface area (Å²) < 4.78 is 7.16. The third-order valence-electron chi connectivity index (χ3n) is 3.67. The monoisotopic (exact) mass is 343 g/mol. The summed E-state index contributed by atoms with van der Waals surface area (Å²) in [5.74, 6) is -0.132. The number of rotatable bonds is 2. The van der Waals surface area contributed by atoms with Crippen molar-refractivity contribution in [3.63, 3.8) is 0 Å². The molecule has 1 aliphatic rings. The van der Waals surface area contributed by atoms with Crippen LogP contribution in [-0.4, -0.2) is 34.4 Å². The van der Waals surface area contributed by atoms with Gasteiger partial charge in [-0.1, -0.05) is 29.3 Å². The Kier molecular flexibility index (Phi) is 4.44. The van der Waals surface area contributed by atoms with E-state index in [1.807, 2.05) is 6.07 Å². The van der Waals surface area contributed by atoms with Gasteiger partial charge in [-0.05, 0) is 17.7 Å². The molecule has 0 aliphatic carbocycles. The molecule has 6 nitrogen and oxygen atoms in total. The Morgan fingerprint density at radius 1 is 1.32 bits per heavy atom. The number of aromatic nitrogens is 2. The van der Waals surface area contributed by atoms with Crippen molar-refractivity contribution in [2.24, 2.45) is 0 Å². The largest absolute Gasteiger partial charge is 0.493 e. The minimum Gasteiger partial charge on any atom is -0.493 e. The zero-order valence-corrected chi connectivity index (χ0v) is 13.1. The number of H-pyrrole nitrogens is 1. The summed E-state index contributed by atoms with van der Waals surface area (Å²) >= 11 is 12.0. The van der Waals surface area contributed by atoms with E-state index in [1.165, 1.54) is 10.8 Å². The second-order valence-electron chi connectivity index (χ2n) is 5.06. The van der Waals surface area contributed by atoms with E-state index in [4.69, 9.17) is 27.9 Å². The zero-order chi connectivity index (χ0) is 15.7. The molecule has 1 aromatic heterocycles. The number of nitrogens with one attached hydrogen (secondary N) is 2. The lowest BCUT2D eigenvalue weighted by Crippen LogP contribution is -2.33. The van der Waals surface area contributed by atoms with Gasteiger partial charge in [0, 0.05) is 13.1 Å². The topological polar surface area (TPSA) is 79.3 Å². The molecule has 1 aromatic carbocycles. The van der Waals surface area contributed by atoms with Crippen LogP contribution in [0.2, 0.25) is 10.0 Å². The van der Waals surface area contributed by atoms with Crippen molar-refractivity contribution in [2.45, 2.75) is 12.1 Å². The molecule has 3 rings (SSSR count). The summed E-state index contributed by atoms with van der Waals surface area (Å²) in [5.41, 5.74) is 0.412. The Hall–Kier alpha value is -1.47. The van der Waals surface area contributed by atoms with Crippen molar-refractivity contribution in [3.8, 4) is 5.88 Å². The van der Waals surface area contributed by atoms with Crippen LogP contribution < -0.4 is 11.0 Å². The molecule has 2 atom stereocenters. The van der Waals surface area contributed by atoms with E-state index in [2.05, 4.69) is 10.3 Å². The Morgan fingerprint density at radius 3 is 2.82 bits per heavy atom. The van der Waals surface area contributed by atoms with Crippen LogP contribution >= 0.6 is 23.2 Å². The van der Waals surface area contributed by atoms with Crippen LogP contribution in [0.5, 0.6) is 5.88 Å². The van der Waals surface area contributed by atoms with Crippen LogP contribution in [0.15, 0.2) is 29.2 Å². The number of aromatic hydroxyl groups is 1. The first kappa shape index (κ1) is 15.4. The average molecular weight is 344 g/mol. The van der Waals surface area contributed by atoms with E-state index >= 15 is 0 Å². The van der Waals surface area contributed by atoms with Crippen molar-refractivity contribution in [3.05, 3.63) is 50.5 Å². The summed E-state index contributed by atoms with van der Waals surface area (Å²) in [4.78, 5) is 14.4. The highest BCUT2D eigenvalue weighted by atomic mass is 35.5.